The van der Waals surface area contributed by atoms with Crippen LogP contribution in [0.4, 0.5) is 0 Å². The van der Waals surface area contributed by atoms with Crippen LogP contribution in [-0.2, 0) is 16.0 Å². The first kappa shape index (κ1) is 15.3. The Morgan fingerprint density at radius 2 is 2.27 bits per heavy atom. The lowest BCUT2D eigenvalue weighted by atomic mass is 9.87. The highest BCUT2D eigenvalue weighted by Gasteiger charge is 2.49. The van der Waals surface area contributed by atoms with Gasteiger partial charge >= 0.3 is 5.97 Å². The lowest BCUT2D eigenvalue weighted by Gasteiger charge is -2.18. The minimum atomic E-state index is -0.504. The van der Waals surface area contributed by atoms with Gasteiger partial charge < -0.3 is 19.7 Å². The number of para-hydroxylation sites is 1. The molecule has 2 N–H and O–H groups in total. The Morgan fingerprint density at radius 1 is 1.45 bits per heavy atom. The summed E-state index contributed by atoms with van der Waals surface area (Å²) in [6, 6.07) is 6.02. The summed E-state index contributed by atoms with van der Waals surface area (Å²) in [5.74, 6) is 0.591. The molecular weight excluding hydrogens is 284 g/mol. The summed E-state index contributed by atoms with van der Waals surface area (Å²) in [5.41, 5.74) is 2.16. The summed E-state index contributed by atoms with van der Waals surface area (Å²) in [4.78, 5) is 11.2. The summed E-state index contributed by atoms with van der Waals surface area (Å²) >= 11 is 0. The lowest BCUT2D eigenvalue weighted by Crippen LogP contribution is -2.22. The first-order valence-corrected chi connectivity index (χ1v) is 7.80. The summed E-state index contributed by atoms with van der Waals surface area (Å²) in [6.07, 6.45) is 1.87. The average molecular weight is 306 g/mol. The van der Waals surface area contributed by atoms with Crippen molar-refractivity contribution in [2.45, 2.75) is 43.8 Å². The minimum Gasteiger partial charge on any atom is -0.489 e. The molecule has 0 spiro atoms. The molecule has 1 aromatic rings. The van der Waals surface area contributed by atoms with E-state index in [1.807, 2.05) is 18.2 Å². The van der Waals surface area contributed by atoms with E-state index in [-0.39, 0.29) is 30.5 Å². The number of aliphatic hydroxyl groups is 2. The first-order chi connectivity index (χ1) is 10.7. The molecule has 120 valence electrons. The largest absolute Gasteiger partial charge is 0.489 e. The normalized spacial score (nSPS) is 28.9. The van der Waals surface area contributed by atoms with E-state index in [1.165, 1.54) is 7.11 Å². The van der Waals surface area contributed by atoms with Crippen molar-refractivity contribution in [2.75, 3.05) is 13.7 Å². The SMILES string of the molecule is COC(=O)CCCc1cccc2c1O[C@@H]1C[C@H](O)[C@@H](CO)[C@H]21. The molecule has 0 saturated heterocycles. The Labute approximate surface area is 129 Å². The van der Waals surface area contributed by atoms with Crippen LogP contribution in [0.25, 0.3) is 0 Å². The lowest BCUT2D eigenvalue weighted by molar-refractivity contribution is -0.140. The summed E-state index contributed by atoms with van der Waals surface area (Å²) in [7, 11) is 1.40. The van der Waals surface area contributed by atoms with Gasteiger partial charge in [0, 0.05) is 36.8 Å². The van der Waals surface area contributed by atoms with Crippen molar-refractivity contribution >= 4 is 5.97 Å². The maximum atomic E-state index is 11.2. The number of hydrogen-bond acceptors (Lipinski definition) is 5. The van der Waals surface area contributed by atoms with Crippen molar-refractivity contribution in [1.82, 2.24) is 0 Å². The minimum absolute atomic E-state index is 0.0301. The van der Waals surface area contributed by atoms with Crippen LogP contribution in [0.5, 0.6) is 5.75 Å². The standard InChI is InChI=1S/C17H22O5/c1-21-15(20)7-3-5-10-4-2-6-11-16-12(9-18)13(19)8-14(16)22-17(10)11/h2,4,6,12-14,16,18-19H,3,5,7-9H2,1H3/t12-,13+,14-,16+/m1/s1. The Bertz CT molecular complexity index is 556. The smallest absolute Gasteiger partial charge is 0.305 e. The third-order valence-corrected chi connectivity index (χ3v) is 4.85. The third-order valence-electron chi connectivity index (χ3n) is 4.85. The van der Waals surface area contributed by atoms with E-state index in [1.54, 1.807) is 0 Å². The molecule has 1 aromatic carbocycles. The molecule has 0 amide bonds. The molecule has 2 aliphatic rings. The van der Waals surface area contributed by atoms with E-state index in [0.717, 1.165) is 23.3 Å². The zero-order chi connectivity index (χ0) is 15.7. The fraction of sp³-hybridized carbons (Fsp3) is 0.588. The van der Waals surface area contributed by atoms with Crippen LogP contribution in [0.1, 0.15) is 36.3 Å². The Kier molecular flexibility index (Phi) is 4.36. The van der Waals surface area contributed by atoms with E-state index in [4.69, 9.17) is 4.74 Å². The molecule has 22 heavy (non-hydrogen) atoms. The van der Waals surface area contributed by atoms with E-state index in [0.29, 0.717) is 19.3 Å². The number of methoxy groups -OCH3 is 1. The number of esters is 1. The second-order valence-corrected chi connectivity index (χ2v) is 6.10. The van der Waals surface area contributed by atoms with Gasteiger partial charge in [0.05, 0.1) is 13.2 Å². The highest BCUT2D eigenvalue weighted by atomic mass is 16.5. The number of fused-ring (bicyclic) bond motifs is 3. The van der Waals surface area contributed by atoms with Crippen molar-refractivity contribution in [1.29, 1.82) is 0 Å². The predicted molar refractivity (Wildman–Crippen MR) is 79.8 cm³/mol. The Morgan fingerprint density at radius 3 is 3.00 bits per heavy atom. The zero-order valence-corrected chi connectivity index (χ0v) is 12.7. The molecule has 5 heteroatoms. The highest BCUT2D eigenvalue weighted by Crippen LogP contribution is 2.51. The molecule has 4 atom stereocenters. The van der Waals surface area contributed by atoms with Crippen molar-refractivity contribution in [3.63, 3.8) is 0 Å². The Balaban J connectivity index is 1.76. The van der Waals surface area contributed by atoms with Gasteiger partial charge in [-0.05, 0) is 18.4 Å². The fourth-order valence-corrected chi connectivity index (χ4v) is 3.75. The number of aliphatic hydroxyl groups excluding tert-OH is 2. The second kappa shape index (κ2) is 6.26. The Hall–Kier alpha value is -1.59. The number of benzene rings is 1. The molecule has 3 rings (SSSR count). The van der Waals surface area contributed by atoms with Gasteiger partial charge in [-0.1, -0.05) is 18.2 Å². The van der Waals surface area contributed by atoms with Crippen molar-refractivity contribution < 1.29 is 24.5 Å². The number of ether oxygens (including phenoxy) is 2. The highest BCUT2D eigenvalue weighted by molar-refractivity contribution is 5.69. The van der Waals surface area contributed by atoms with Crippen LogP contribution < -0.4 is 4.74 Å². The maximum Gasteiger partial charge on any atom is 0.305 e. The average Bonchev–Trinajstić information content (AvgIpc) is 3.02. The molecule has 5 nitrogen and oxygen atoms in total. The van der Waals surface area contributed by atoms with Gasteiger partial charge in [-0.3, -0.25) is 4.79 Å². The van der Waals surface area contributed by atoms with Gasteiger partial charge in [-0.15, -0.1) is 0 Å². The van der Waals surface area contributed by atoms with Crippen LogP contribution in [0.3, 0.4) is 0 Å². The molecule has 0 aromatic heterocycles. The molecule has 1 saturated carbocycles. The fourth-order valence-electron chi connectivity index (χ4n) is 3.75. The quantitative estimate of drug-likeness (QED) is 0.804. The first-order valence-electron chi connectivity index (χ1n) is 7.80. The van der Waals surface area contributed by atoms with Crippen LogP contribution in [0, 0.1) is 5.92 Å². The van der Waals surface area contributed by atoms with Gasteiger partial charge in [0.25, 0.3) is 0 Å². The van der Waals surface area contributed by atoms with Crippen LogP contribution in [-0.4, -0.2) is 42.1 Å². The second-order valence-electron chi connectivity index (χ2n) is 6.10. The summed E-state index contributed by atoms with van der Waals surface area (Å²) in [6.45, 7) is -0.0301. The molecular formula is C17H22O5. The van der Waals surface area contributed by atoms with Crippen LogP contribution >= 0.6 is 0 Å². The third kappa shape index (κ3) is 2.59. The molecule has 1 aliphatic carbocycles. The molecule has 1 fully saturated rings. The van der Waals surface area contributed by atoms with Gasteiger partial charge in [0.2, 0.25) is 0 Å². The number of carbonyl (C=O) groups is 1. The predicted octanol–water partition coefficient (Wildman–Crippen LogP) is 1.40. The van der Waals surface area contributed by atoms with E-state index in [2.05, 4.69) is 4.74 Å². The van der Waals surface area contributed by atoms with Gasteiger partial charge in [0.15, 0.2) is 0 Å². The van der Waals surface area contributed by atoms with E-state index in [9.17, 15) is 15.0 Å². The van der Waals surface area contributed by atoms with Crippen molar-refractivity contribution in [3.8, 4) is 5.75 Å². The van der Waals surface area contributed by atoms with Crippen LogP contribution in [0.15, 0.2) is 18.2 Å². The molecule has 0 bridgehead atoms. The zero-order valence-electron chi connectivity index (χ0n) is 12.7. The van der Waals surface area contributed by atoms with E-state index < -0.39 is 6.10 Å². The van der Waals surface area contributed by atoms with E-state index >= 15 is 0 Å². The number of aryl methyl sites for hydroxylation is 1. The summed E-state index contributed by atoms with van der Waals surface area (Å²) in [5, 5.41) is 19.6. The summed E-state index contributed by atoms with van der Waals surface area (Å²) < 4.78 is 10.7. The molecule has 1 aliphatic heterocycles. The molecule has 1 heterocycles. The maximum absolute atomic E-state index is 11.2. The van der Waals surface area contributed by atoms with Crippen molar-refractivity contribution in [2.24, 2.45) is 5.92 Å². The van der Waals surface area contributed by atoms with Crippen LogP contribution in [0.2, 0.25) is 0 Å². The number of hydrogen-bond donors (Lipinski definition) is 2. The van der Waals surface area contributed by atoms with Gasteiger partial charge in [-0.2, -0.15) is 0 Å². The monoisotopic (exact) mass is 306 g/mol. The van der Waals surface area contributed by atoms with Gasteiger partial charge in [-0.25, -0.2) is 0 Å². The van der Waals surface area contributed by atoms with Crippen molar-refractivity contribution in [3.05, 3.63) is 29.3 Å². The topological polar surface area (TPSA) is 76.0 Å². The molecule has 0 unspecified atom stereocenters. The number of rotatable bonds is 5. The molecule has 0 radical (unpaired) electrons. The number of carbonyl (C=O) groups excluding carboxylic acids is 1. The van der Waals surface area contributed by atoms with Gasteiger partial charge in [0.1, 0.15) is 11.9 Å².